The summed E-state index contributed by atoms with van der Waals surface area (Å²) in [6.45, 7) is 4.68. The molecule has 1 aromatic carbocycles. The average molecular weight is 378 g/mol. The predicted molar refractivity (Wildman–Crippen MR) is 88.9 cm³/mol. The van der Waals surface area contributed by atoms with Crippen molar-refractivity contribution in [3.63, 3.8) is 0 Å². The summed E-state index contributed by atoms with van der Waals surface area (Å²) < 4.78 is 9.08. The fourth-order valence-corrected chi connectivity index (χ4v) is 3.56. The Morgan fingerprint density at radius 1 is 1.35 bits per heavy atom. The Bertz CT molecular complexity index is 687. The van der Waals surface area contributed by atoms with Crippen LogP contribution in [0, 0.1) is 0 Å². The lowest BCUT2D eigenvalue weighted by Crippen LogP contribution is -2.40. The van der Waals surface area contributed by atoms with Gasteiger partial charge >= 0.3 is 0 Å². The highest BCUT2D eigenvalue weighted by atomic mass is 79.9. The minimum absolute atomic E-state index is 0.0916. The SMILES string of the molecule is CC(c1nnnn1C1CC1)N1CCOC(c2cccc(Br)c2)C1. The van der Waals surface area contributed by atoms with Crippen LogP contribution in [0.2, 0.25) is 0 Å². The molecule has 0 radical (unpaired) electrons. The molecule has 4 rings (SSSR count). The second-order valence-electron chi connectivity index (χ2n) is 6.30. The number of morpholine rings is 1. The number of ether oxygens (including phenoxy) is 1. The quantitative estimate of drug-likeness (QED) is 0.819. The van der Waals surface area contributed by atoms with Crippen molar-refractivity contribution < 1.29 is 4.74 Å². The van der Waals surface area contributed by atoms with Gasteiger partial charge in [-0.1, -0.05) is 28.1 Å². The van der Waals surface area contributed by atoms with Crippen LogP contribution in [0.5, 0.6) is 0 Å². The lowest BCUT2D eigenvalue weighted by Gasteiger charge is -2.36. The van der Waals surface area contributed by atoms with Crippen LogP contribution < -0.4 is 0 Å². The van der Waals surface area contributed by atoms with Crippen molar-refractivity contribution in [3.05, 3.63) is 40.1 Å². The zero-order valence-electron chi connectivity index (χ0n) is 13.1. The van der Waals surface area contributed by atoms with Crippen LogP contribution in [0.3, 0.4) is 0 Å². The fraction of sp³-hybridized carbons (Fsp3) is 0.562. The molecule has 0 spiro atoms. The number of halogens is 1. The van der Waals surface area contributed by atoms with Crippen LogP contribution in [-0.4, -0.2) is 44.8 Å². The zero-order chi connectivity index (χ0) is 15.8. The molecule has 23 heavy (non-hydrogen) atoms. The Labute approximate surface area is 143 Å². The van der Waals surface area contributed by atoms with E-state index in [-0.39, 0.29) is 12.1 Å². The Hall–Kier alpha value is -1.31. The maximum Gasteiger partial charge on any atom is 0.168 e. The van der Waals surface area contributed by atoms with Gasteiger partial charge in [0.2, 0.25) is 0 Å². The largest absolute Gasteiger partial charge is 0.371 e. The molecule has 2 fully saturated rings. The predicted octanol–water partition coefficient (Wildman–Crippen LogP) is 2.91. The maximum atomic E-state index is 5.99. The highest BCUT2D eigenvalue weighted by Gasteiger charge is 2.33. The minimum atomic E-state index is 0.0916. The van der Waals surface area contributed by atoms with E-state index in [2.05, 4.69) is 61.5 Å². The third-order valence-corrected chi connectivity index (χ3v) is 5.14. The molecule has 2 atom stereocenters. The number of hydrogen-bond acceptors (Lipinski definition) is 5. The van der Waals surface area contributed by atoms with Gasteiger partial charge in [0.1, 0.15) is 0 Å². The summed E-state index contributed by atoms with van der Waals surface area (Å²) >= 11 is 3.54. The van der Waals surface area contributed by atoms with Crippen LogP contribution in [0.4, 0.5) is 0 Å². The van der Waals surface area contributed by atoms with Crippen LogP contribution in [-0.2, 0) is 4.74 Å². The maximum absolute atomic E-state index is 5.99. The lowest BCUT2D eigenvalue weighted by atomic mass is 10.1. The molecule has 2 unspecified atom stereocenters. The van der Waals surface area contributed by atoms with Crippen molar-refractivity contribution in [2.75, 3.05) is 19.7 Å². The third kappa shape index (κ3) is 3.18. The van der Waals surface area contributed by atoms with Gasteiger partial charge in [0.05, 0.1) is 24.8 Å². The van der Waals surface area contributed by atoms with Crippen LogP contribution >= 0.6 is 15.9 Å². The first-order valence-corrected chi connectivity index (χ1v) is 8.90. The molecule has 0 bridgehead atoms. The first kappa shape index (κ1) is 15.2. The molecule has 1 saturated heterocycles. The summed E-state index contributed by atoms with van der Waals surface area (Å²) in [5.41, 5.74) is 1.21. The Kier molecular flexibility index (Phi) is 4.17. The Balaban J connectivity index is 1.51. The average Bonchev–Trinajstić information content (AvgIpc) is 3.31. The lowest BCUT2D eigenvalue weighted by molar-refractivity contribution is -0.0448. The number of rotatable bonds is 4. The Morgan fingerprint density at radius 3 is 3.00 bits per heavy atom. The molecule has 7 heteroatoms. The molecule has 1 aliphatic heterocycles. The molecule has 2 aromatic rings. The van der Waals surface area contributed by atoms with E-state index in [1.54, 1.807) is 0 Å². The molecule has 122 valence electrons. The van der Waals surface area contributed by atoms with E-state index >= 15 is 0 Å². The first-order chi connectivity index (χ1) is 11.2. The van der Waals surface area contributed by atoms with Crippen molar-refractivity contribution in [1.29, 1.82) is 0 Å². The number of hydrogen-bond donors (Lipinski definition) is 0. The van der Waals surface area contributed by atoms with Gasteiger partial charge in [-0.2, -0.15) is 0 Å². The van der Waals surface area contributed by atoms with Gasteiger partial charge < -0.3 is 4.74 Å². The van der Waals surface area contributed by atoms with Crippen LogP contribution in [0.25, 0.3) is 0 Å². The minimum Gasteiger partial charge on any atom is -0.371 e. The molecule has 1 aromatic heterocycles. The second kappa shape index (κ2) is 6.30. The van der Waals surface area contributed by atoms with Crippen molar-refractivity contribution in [2.45, 2.75) is 38.0 Å². The smallest absolute Gasteiger partial charge is 0.168 e. The molecular weight excluding hydrogens is 358 g/mol. The summed E-state index contributed by atoms with van der Waals surface area (Å²) in [6, 6.07) is 9.05. The van der Waals surface area contributed by atoms with E-state index in [0.29, 0.717) is 6.04 Å². The molecule has 2 heterocycles. The first-order valence-electron chi connectivity index (χ1n) is 8.11. The second-order valence-corrected chi connectivity index (χ2v) is 7.21. The molecule has 0 amide bonds. The number of nitrogens with zero attached hydrogens (tertiary/aromatic N) is 5. The van der Waals surface area contributed by atoms with E-state index in [4.69, 9.17) is 4.74 Å². The van der Waals surface area contributed by atoms with E-state index in [9.17, 15) is 0 Å². The summed E-state index contributed by atoms with van der Waals surface area (Å²) in [6.07, 6.45) is 2.47. The van der Waals surface area contributed by atoms with Gasteiger partial charge in [0.25, 0.3) is 0 Å². The molecule has 6 nitrogen and oxygen atoms in total. The highest BCUT2D eigenvalue weighted by Crippen LogP contribution is 2.37. The van der Waals surface area contributed by atoms with Crippen molar-refractivity contribution in [2.24, 2.45) is 0 Å². The number of benzene rings is 1. The molecule has 2 aliphatic rings. The van der Waals surface area contributed by atoms with Gasteiger partial charge in [-0.15, -0.1) is 5.10 Å². The van der Waals surface area contributed by atoms with Gasteiger partial charge in [-0.3, -0.25) is 4.90 Å². The van der Waals surface area contributed by atoms with Crippen LogP contribution in [0.15, 0.2) is 28.7 Å². The van der Waals surface area contributed by atoms with Crippen molar-refractivity contribution in [1.82, 2.24) is 25.1 Å². The highest BCUT2D eigenvalue weighted by molar-refractivity contribution is 9.10. The summed E-state index contributed by atoms with van der Waals surface area (Å²) in [5.74, 6) is 0.974. The summed E-state index contributed by atoms with van der Waals surface area (Å²) in [5, 5.41) is 12.3. The number of aromatic nitrogens is 4. The Morgan fingerprint density at radius 2 is 2.22 bits per heavy atom. The van der Waals surface area contributed by atoms with Gasteiger partial charge in [-0.25, -0.2) is 4.68 Å². The molecule has 1 aliphatic carbocycles. The third-order valence-electron chi connectivity index (χ3n) is 4.65. The molecule has 1 saturated carbocycles. The molecule has 0 N–H and O–H groups in total. The molecular formula is C16H20BrN5O. The summed E-state index contributed by atoms with van der Waals surface area (Å²) in [7, 11) is 0. The van der Waals surface area contributed by atoms with Crippen molar-refractivity contribution >= 4 is 15.9 Å². The van der Waals surface area contributed by atoms with Gasteiger partial charge in [-0.05, 0) is 47.9 Å². The monoisotopic (exact) mass is 377 g/mol. The summed E-state index contributed by atoms with van der Waals surface area (Å²) in [4.78, 5) is 2.42. The van der Waals surface area contributed by atoms with E-state index < -0.39 is 0 Å². The topological polar surface area (TPSA) is 56.1 Å². The number of tetrazole rings is 1. The van der Waals surface area contributed by atoms with Gasteiger partial charge in [0.15, 0.2) is 5.82 Å². The van der Waals surface area contributed by atoms with Crippen molar-refractivity contribution in [3.8, 4) is 0 Å². The van der Waals surface area contributed by atoms with E-state index in [0.717, 1.165) is 30.0 Å². The standard InChI is InChI=1S/C16H20BrN5O/c1-11(16-18-19-20-22(16)14-5-6-14)21-7-8-23-15(10-21)12-3-2-4-13(17)9-12/h2-4,9,11,14-15H,5-8,10H2,1H3. The zero-order valence-corrected chi connectivity index (χ0v) is 14.7. The van der Waals surface area contributed by atoms with Gasteiger partial charge in [0, 0.05) is 17.6 Å². The van der Waals surface area contributed by atoms with E-state index in [1.165, 1.54) is 18.4 Å². The normalized spacial score (nSPS) is 23.8. The van der Waals surface area contributed by atoms with Crippen LogP contribution in [0.1, 0.15) is 49.3 Å². The fourth-order valence-electron chi connectivity index (χ4n) is 3.15. The van der Waals surface area contributed by atoms with E-state index in [1.807, 2.05) is 10.7 Å².